The molecule has 1 aliphatic rings. The summed E-state index contributed by atoms with van der Waals surface area (Å²) < 4.78 is 45.1. The van der Waals surface area contributed by atoms with Crippen molar-refractivity contribution in [3.05, 3.63) is 59.2 Å². The first-order valence-electron chi connectivity index (χ1n) is 10.5. The molecule has 1 aromatic heterocycles. The molecule has 0 bridgehead atoms. The lowest BCUT2D eigenvalue weighted by atomic mass is 10.1. The number of carboxylic acid groups (broad SMARTS) is 1. The molecule has 0 aliphatic carbocycles. The zero-order chi connectivity index (χ0) is 23.6. The van der Waals surface area contributed by atoms with Gasteiger partial charge in [-0.2, -0.15) is 13.2 Å². The van der Waals surface area contributed by atoms with E-state index in [1.165, 1.54) is 17.4 Å². The molecule has 33 heavy (non-hydrogen) atoms. The first-order chi connectivity index (χ1) is 15.7. The number of hydrogen-bond acceptors (Lipinski definition) is 6. The Labute approximate surface area is 193 Å². The summed E-state index contributed by atoms with van der Waals surface area (Å²) in [6.07, 6.45) is -4.40. The lowest BCUT2D eigenvalue weighted by molar-refractivity contribution is -0.138. The molecule has 2 heterocycles. The maximum atomic E-state index is 13.1. The van der Waals surface area contributed by atoms with E-state index in [2.05, 4.69) is 14.8 Å². The molecule has 1 unspecified atom stereocenters. The van der Waals surface area contributed by atoms with Gasteiger partial charge in [0.15, 0.2) is 5.13 Å². The van der Waals surface area contributed by atoms with Crippen molar-refractivity contribution in [3.63, 3.8) is 0 Å². The number of nitrogens with zero attached hydrogens (tertiary/aromatic N) is 3. The number of carbonyl (C=O) groups is 1. The van der Waals surface area contributed by atoms with Gasteiger partial charge in [-0.1, -0.05) is 35.6 Å². The largest absolute Gasteiger partial charge is 0.481 e. The van der Waals surface area contributed by atoms with Gasteiger partial charge < -0.3 is 14.7 Å². The number of carboxylic acids is 1. The fraction of sp³-hybridized carbons (Fsp3) is 0.391. The number of aromatic nitrogens is 1. The van der Waals surface area contributed by atoms with Crippen LogP contribution in [0.15, 0.2) is 42.5 Å². The molecule has 4 rings (SSSR count). The van der Waals surface area contributed by atoms with E-state index in [0.717, 1.165) is 29.8 Å². The van der Waals surface area contributed by atoms with Crippen LogP contribution in [0.2, 0.25) is 0 Å². The van der Waals surface area contributed by atoms with Crippen LogP contribution in [0.4, 0.5) is 18.3 Å². The highest BCUT2D eigenvalue weighted by Crippen LogP contribution is 2.36. The molecule has 1 fully saturated rings. The van der Waals surface area contributed by atoms with Gasteiger partial charge in [0, 0.05) is 33.3 Å². The number of rotatable bonds is 7. The van der Waals surface area contributed by atoms with E-state index in [-0.39, 0.29) is 12.5 Å². The number of ether oxygens (including phenoxy) is 1. The van der Waals surface area contributed by atoms with Crippen LogP contribution in [0, 0.1) is 0 Å². The monoisotopic (exact) mass is 479 g/mol. The Kier molecular flexibility index (Phi) is 6.87. The number of methoxy groups -OCH3 is 1. The first kappa shape index (κ1) is 23.5. The average Bonchev–Trinajstić information content (AvgIpc) is 3.16. The Morgan fingerprint density at radius 2 is 2.00 bits per heavy atom. The normalized spacial score (nSPS) is 17.6. The highest BCUT2D eigenvalue weighted by molar-refractivity contribution is 7.22. The van der Waals surface area contributed by atoms with Gasteiger partial charge in [-0.3, -0.25) is 9.69 Å². The second kappa shape index (κ2) is 9.66. The van der Waals surface area contributed by atoms with Gasteiger partial charge in [0.1, 0.15) is 0 Å². The van der Waals surface area contributed by atoms with Gasteiger partial charge in [0.25, 0.3) is 0 Å². The molecule has 176 valence electrons. The zero-order valence-corrected chi connectivity index (χ0v) is 18.8. The number of halogens is 3. The second-order valence-corrected chi connectivity index (χ2v) is 9.11. The van der Waals surface area contributed by atoms with Crippen LogP contribution in [-0.2, 0) is 28.7 Å². The molecule has 0 amide bonds. The predicted octanol–water partition coefficient (Wildman–Crippen LogP) is 4.28. The summed E-state index contributed by atoms with van der Waals surface area (Å²) in [5.41, 5.74) is 1.68. The van der Waals surface area contributed by atoms with Gasteiger partial charge in [-0.15, -0.1) is 0 Å². The Balaban J connectivity index is 1.50. The quantitative estimate of drug-likeness (QED) is 0.546. The topological polar surface area (TPSA) is 65.9 Å². The number of anilines is 1. The first-order valence-corrected chi connectivity index (χ1v) is 11.3. The van der Waals surface area contributed by atoms with Crippen molar-refractivity contribution >= 4 is 32.7 Å². The lowest BCUT2D eigenvalue weighted by Gasteiger charge is -2.41. The number of fused-ring (bicyclic) bond motifs is 1. The van der Waals surface area contributed by atoms with Gasteiger partial charge in [-0.05, 0) is 29.3 Å². The van der Waals surface area contributed by atoms with Crippen LogP contribution in [0.3, 0.4) is 0 Å². The smallest absolute Gasteiger partial charge is 0.416 e. The van der Waals surface area contributed by atoms with Crippen molar-refractivity contribution in [3.8, 4) is 0 Å². The van der Waals surface area contributed by atoms with Crippen molar-refractivity contribution in [1.82, 2.24) is 9.88 Å². The molecule has 6 nitrogen and oxygen atoms in total. The summed E-state index contributed by atoms with van der Waals surface area (Å²) in [7, 11) is 1.63. The number of aliphatic carboxylic acids is 1. The standard InChI is InChI=1S/C23H24F3N3O3S/c1-32-14-18-13-28(12-16-4-2-3-15(9-16)10-21(30)31)7-8-29(18)22-27-19-6-5-17(23(24,25)26)11-20(19)33-22/h2-6,9,11,18H,7-8,10,12-14H2,1H3,(H,30,31). The maximum absolute atomic E-state index is 13.1. The Hall–Kier alpha value is -2.69. The number of thiazole rings is 1. The maximum Gasteiger partial charge on any atom is 0.416 e. The molecule has 0 saturated carbocycles. The van der Waals surface area contributed by atoms with Crippen LogP contribution in [-0.4, -0.2) is 60.4 Å². The van der Waals surface area contributed by atoms with Crippen molar-refractivity contribution in [2.45, 2.75) is 25.2 Å². The minimum Gasteiger partial charge on any atom is -0.481 e. The third kappa shape index (κ3) is 5.63. The minimum absolute atomic E-state index is 0.00592. The number of piperazine rings is 1. The number of alkyl halides is 3. The lowest BCUT2D eigenvalue weighted by Crippen LogP contribution is -2.54. The Morgan fingerprint density at radius 3 is 2.73 bits per heavy atom. The van der Waals surface area contributed by atoms with E-state index in [1.54, 1.807) is 13.2 Å². The van der Waals surface area contributed by atoms with Crippen molar-refractivity contribution in [1.29, 1.82) is 0 Å². The average molecular weight is 480 g/mol. The molecule has 1 N–H and O–H groups in total. The molecule has 1 saturated heterocycles. The van der Waals surface area contributed by atoms with Crippen LogP contribution in [0.5, 0.6) is 0 Å². The molecule has 0 radical (unpaired) electrons. The fourth-order valence-corrected chi connectivity index (χ4v) is 5.23. The van der Waals surface area contributed by atoms with Crippen LogP contribution in [0.1, 0.15) is 16.7 Å². The third-order valence-electron chi connectivity index (χ3n) is 5.63. The van der Waals surface area contributed by atoms with Crippen molar-refractivity contribution in [2.24, 2.45) is 0 Å². The summed E-state index contributed by atoms with van der Waals surface area (Å²) in [6, 6.07) is 11.2. The summed E-state index contributed by atoms with van der Waals surface area (Å²) in [4.78, 5) is 20.0. The minimum atomic E-state index is -4.38. The summed E-state index contributed by atoms with van der Waals surface area (Å²) in [6.45, 7) is 3.23. The molecule has 10 heteroatoms. The fourth-order valence-electron chi connectivity index (χ4n) is 4.13. The van der Waals surface area contributed by atoms with Gasteiger partial charge in [-0.25, -0.2) is 4.98 Å². The molecular weight excluding hydrogens is 455 g/mol. The number of hydrogen-bond donors (Lipinski definition) is 1. The van der Waals surface area contributed by atoms with Crippen molar-refractivity contribution in [2.75, 3.05) is 38.3 Å². The van der Waals surface area contributed by atoms with E-state index in [0.29, 0.717) is 41.6 Å². The predicted molar refractivity (Wildman–Crippen MR) is 121 cm³/mol. The summed E-state index contributed by atoms with van der Waals surface area (Å²) in [5.74, 6) is -0.862. The highest BCUT2D eigenvalue weighted by atomic mass is 32.1. The van der Waals surface area contributed by atoms with E-state index in [9.17, 15) is 18.0 Å². The number of benzene rings is 2. The summed E-state index contributed by atoms with van der Waals surface area (Å²) >= 11 is 1.26. The Bertz CT molecular complexity index is 1130. The molecule has 1 atom stereocenters. The van der Waals surface area contributed by atoms with Crippen LogP contribution in [0.25, 0.3) is 10.2 Å². The van der Waals surface area contributed by atoms with Crippen LogP contribution < -0.4 is 4.90 Å². The second-order valence-electron chi connectivity index (χ2n) is 8.10. The molecule has 3 aromatic rings. The molecule has 2 aromatic carbocycles. The highest BCUT2D eigenvalue weighted by Gasteiger charge is 2.32. The Morgan fingerprint density at radius 1 is 1.21 bits per heavy atom. The SMILES string of the molecule is COCC1CN(Cc2cccc(CC(=O)O)c2)CCN1c1nc2ccc(C(F)(F)F)cc2s1. The third-order valence-corrected chi connectivity index (χ3v) is 6.68. The van der Waals surface area contributed by atoms with E-state index >= 15 is 0 Å². The van der Waals surface area contributed by atoms with Gasteiger partial charge in [0.2, 0.25) is 0 Å². The van der Waals surface area contributed by atoms with Crippen LogP contribution >= 0.6 is 11.3 Å². The van der Waals surface area contributed by atoms with Crippen molar-refractivity contribution < 1.29 is 27.8 Å². The van der Waals surface area contributed by atoms with E-state index in [1.807, 2.05) is 18.2 Å². The molecular formula is C23H24F3N3O3S. The molecule has 1 aliphatic heterocycles. The van der Waals surface area contributed by atoms with Gasteiger partial charge in [0.05, 0.1) is 34.8 Å². The summed E-state index contributed by atoms with van der Waals surface area (Å²) in [5, 5.41) is 9.72. The zero-order valence-electron chi connectivity index (χ0n) is 18.0. The van der Waals surface area contributed by atoms with Gasteiger partial charge >= 0.3 is 12.1 Å². The van der Waals surface area contributed by atoms with E-state index in [4.69, 9.17) is 9.84 Å². The van der Waals surface area contributed by atoms with E-state index < -0.39 is 17.7 Å². The molecule has 0 spiro atoms.